The van der Waals surface area contributed by atoms with Crippen LogP contribution in [0, 0.1) is 18.8 Å². The Bertz CT molecular complexity index is 1530. The number of ether oxygens (including phenoxy) is 1. The first-order chi connectivity index (χ1) is 20.2. The van der Waals surface area contributed by atoms with Gasteiger partial charge in [-0.3, -0.25) is 18.9 Å². The van der Waals surface area contributed by atoms with Crippen LogP contribution in [-0.2, 0) is 35.3 Å². The van der Waals surface area contributed by atoms with Gasteiger partial charge in [0.05, 0.1) is 35.9 Å². The van der Waals surface area contributed by atoms with Crippen LogP contribution in [0.15, 0.2) is 88.8 Å². The van der Waals surface area contributed by atoms with Gasteiger partial charge in [0, 0.05) is 25.2 Å². The first-order valence-corrected chi connectivity index (χ1v) is 16.2. The molecule has 3 aromatic rings. The van der Waals surface area contributed by atoms with E-state index in [0.29, 0.717) is 37.9 Å². The zero-order valence-corrected chi connectivity index (χ0v) is 25.6. The summed E-state index contributed by atoms with van der Waals surface area (Å²) in [7, 11) is -2.45. The number of rotatable bonds is 9. The molecule has 3 atom stereocenters. The highest BCUT2D eigenvalue weighted by atomic mass is 35.5. The molecule has 2 aliphatic rings. The maximum atomic E-state index is 13.3. The Hall–Kier alpha value is -3.04. The SMILES string of the molecule is COC(=O)C1CC(CCCOS(=O)(=O)c2ccc(C)cc2)CN(Cc2ccccc2)CCC2(Cl)C1=Nc1ccccc12. The minimum absolute atomic E-state index is 0.0499. The van der Waals surface area contributed by atoms with Crippen molar-refractivity contribution in [3.05, 3.63) is 95.6 Å². The van der Waals surface area contributed by atoms with E-state index in [1.165, 1.54) is 12.7 Å². The number of carbonyl (C=O) groups is 1. The Balaban J connectivity index is 1.38. The number of methoxy groups -OCH3 is 1. The summed E-state index contributed by atoms with van der Waals surface area (Å²) in [5, 5.41) is 0. The number of alkyl halides is 1. The fraction of sp³-hybridized carbons (Fsp3) is 0.394. The number of halogens is 1. The number of carbonyl (C=O) groups excluding carboxylic acids is 1. The van der Waals surface area contributed by atoms with Gasteiger partial charge in [0.15, 0.2) is 0 Å². The molecule has 2 heterocycles. The molecular formula is C33H37ClN2O5S. The molecule has 5 rings (SSSR count). The molecule has 0 spiro atoms. The molecule has 2 aliphatic heterocycles. The van der Waals surface area contributed by atoms with Crippen molar-refractivity contribution in [1.82, 2.24) is 4.90 Å². The second-order valence-electron chi connectivity index (χ2n) is 11.2. The van der Waals surface area contributed by atoms with Crippen molar-refractivity contribution in [3.63, 3.8) is 0 Å². The molecule has 0 radical (unpaired) electrons. The van der Waals surface area contributed by atoms with Gasteiger partial charge in [0.2, 0.25) is 0 Å². The summed E-state index contributed by atoms with van der Waals surface area (Å²) in [6, 6.07) is 24.7. The van der Waals surface area contributed by atoms with Crippen molar-refractivity contribution in [2.45, 2.75) is 48.9 Å². The summed E-state index contributed by atoms with van der Waals surface area (Å²) in [5.41, 5.74) is 4.52. The van der Waals surface area contributed by atoms with Crippen LogP contribution in [0.3, 0.4) is 0 Å². The van der Waals surface area contributed by atoms with Crippen LogP contribution in [0.5, 0.6) is 0 Å². The van der Waals surface area contributed by atoms with Crippen molar-refractivity contribution in [2.24, 2.45) is 16.8 Å². The van der Waals surface area contributed by atoms with Gasteiger partial charge in [-0.25, -0.2) is 0 Å². The standard InChI is InChI=1S/C33H37ClN2O5S/c1-24-14-16-27(17-15-24)42(38,39)41-20-8-11-26-21-28(32(37)40-2)31-33(34,29-12-6-7-13-30(29)35-31)18-19-36(23-26)22-25-9-4-3-5-10-25/h3-7,9-10,12-17,26,28H,8,11,18-23H2,1-2H3. The Morgan fingerprint density at radius 2 is 1.76 bits per heavy atom. The first-order valence-electron chi connectivity index (χ1n) is 14.4. The highest BCUT2D eigenvalue weighted by Crippen LogP contribution is 2.49. The average molecular weight is 609 g/mol. The van der Waals surface area contributed by atoms with Crippen LogP contribution in [-0.4, -0.2) is 51.8 Å². The van der Waals surface area contributed by atoms with Crippen LogP contribution in [0.1, 0.15) is 42.4 Å². The van der Waals surface area contributed by atoms with E-state index in [9.17, 15) is 13.2 Å². The summed E-state index contributed by atoms with van der Waals surface area (Å²) in [4.78, 5) is 19.8. The van der Waals surface area contributed by atoms with Crippen LogP contribution < -0.4 is 0 Å². The van der Waals surface area contributed by atoms with Crippen molar-refractivity contribution in [2.75, 3.05) is 26.8 Å². The van der Waals surface area contributed by atoms with E-state index in [0.717, 1.165) is 29.9 Å². The highest BCUT2D eigenvalue weighted by molar-refractivity contribution is 7.86. The normalized spacial score (nSPS) is 22.7. The smallest absolute Gasteiger partial charge is 0.314 e. The molecule has 3 unspecified atom stereocenters. The van der Waals surface area contributed by atoms with Crippen molar-refractivity contribution in [3.8, 4) is 0 Å². The van der Waals surface area contributed by atoms with Gasteiger partial charge < -0.3 is 4.74 Å². The van der Waals surface area contributed by atoms with Gasteiger partial charge in [-0.15, -0.1) is 11.6 Å². The maximum absolute atomic E-state index is 13.3. The summed E-state index contributed by atoms with van der Waals surface area (Å²) in [6.45, 7) is 4.12. The van der Waals surface area contributed by atoms with Crippen LogP contribution in [0.4, 0.5) is 5.69 Å². The quantitative estimate of drug-likeness (QED) is 0.121. The number of hydrogen-bond donors (Lipinski definition) is 0. The lowest BCUT2D eigenvalue weighted by molar-refractivity contribution is -0.143. The lowest BCUT2D eigenvalue weighted by atomic mass is 9.81. The largest absolute Gasteiger partial charge is 0.469 e. The molecule has 0 aromatic heterocycles. The molecule has 42 heavy (non-hydrogen) atoms. The van der Waals surface area contributed by atoms with Gasteiger partial charge in [-0.1, -0.05) is 66.2 Å². The van der Waals surface area contributed by atoms with Gasteiger partial charge in [-0.05, 0) is 62.3 Å². The number of fused-ring (bicyclic) bond motifs is 3. The van der Waals surface area contributed by atoms with Gasteiger partial charge in [0.1, 0.15) is 4.87 Å². The summed E-state index contributed by atoms with van der Waals surface area (Å²) < 4.78 is 36.1. The van der Waals surface area contributed by atoms with E-state index < -0.39 is 20.9 Å². The zero-order chi connectivity index (χ0) is 29.7. The van der Waals surface area contributed by atoms with Crippen LogP contribution >= 0.6 is 11.6 Å². The fourth-order valence-electron chi connectivity index (χ4n) is 6.03. The number of benzene rings is 3. The third-order valence-electron chi connectivity index (χ3n) is 8.21. The lowest BCUT2D eigenvalue weighted by Gasteiger charge is -2.29. The molecule has 0 aliphatic carbocycles. The second-order valence-corrected chi connectivity index (χ2v) is 13.5. The highest BCUT2D eigenvalue weighted by Gasteiger charge is 2.48. The maximum Gasteiger partial charge on any atom is 0.314 e. The zero-order valence-electron chi connectivity index (χ0n) is 24.0. The lowest BCUT2D eigenvalue weighted by Crippen LogP contribution is -2.38. The van der Waals surface area contributed by atoms with Crippen LogP contribution in [0.25, 0.3) is 0 Å². The van der Waals surface area contributed by atoms with Gasteiger partial charge in [0.25, 0.3) is 10.1 Å². The number of esters is 1. The van der Waals surface area contributed by atoms with Crippen molar-refractivity contribution in [1.29, 1.82) is 0 Å². The average Bonchev–Trinajstić information content (AvgIpc) is 3.30. The molecule has 0 bridgehead atoms. The number of nitrogens with zero attached hydrogens (tertiary/aromatic N) is 2. The third kappa shape index (κ3) is 6.78. The number of para-hydroxylation sites is 1. The molecule has 3 aromatic carbocycles. The molecule has 0 N–H and O–H groups in total. The van der Waals surface area contributed by atoms with Crippen molar-refractivity contribution >= 4 is 39.1 Å². The Kier molecular flexibility index (Phi) is 9.47. The Labute approximate surface area is 253 Å². The molecular weight excluding hydrogens is 572 g/mol. The molecule has 222 valence electrons. The molecule has 0 amide bonds. The monoisotopic (exact) mass is 608 g/mol. The number of aryl methyl sites for hydroxylation is 1. The van der Waals surface area contributed by atoms with E-state index in [-0.39, 0.29) is 23.4 Å². The third-order valence-corrected chi connectivity index (χ3v) is 10.1. The molecule has 7 nitrogen and oxygen atoms in total. The topological polar surface area (TPSA) is 85.3 Å². The summed E-state index contributed by atoms with van der Waals surface area (Å²) in [5.74, 6) is -0.918. The molecule has 0 saturated carbocycles. The van der Waals surface area contributed by atoms with Crippen molar-refractivity contribution < 1.29 is 22.1 Å². The number of aliphatic imine (C=N–C) groups is 1. The fourth-order valence-corrected chi connectivity index (χ4v) is 7.39. The van der Waals surface area contributed by atoms with E-state index in [4.69, 9.17) is 25.5 Å². The van der Waals surface area contributed by atoms with Gasteiger partial charge in [-0.2, -0.15) is 8.42 Å². The minimum atomic E-state index is -3.85. The predicted molar refractivity (Wildman–Crippen MR) is 165 cm³/mol. The second kappa shape index (κ2) is 13.1. The number of hydrogen-bond acceptors (Lipinski definition) is 7. The minimum Gasteiger partial charge on any atom is -0.469 e. The predicted octanol–water partition coefficient (Wildman–Crippen LogP) is 6.40. The van der Waals surface area contributed by atoms with E-state index in [1.807, 2.05) is 49.4 Å². The molecule has 9 heteroatoms. The van der Waals surface area contributed by atoms with E-state index in [1.54, 1.807) is 24.3 Å². The van der Waals surface area contributed by atoms with E-state index >= 15 is 0 Å². The molecule has 1 saturated heterocycles. The Morgan fingerprint density at radius 3 is 2.50 bits per heavy atom. The van der Waals surface area contributed by atoms with Crippen LogP contribution in [0.2, 0.25) is 0 Å². The summed E-state index contributed by atoms with van der Waals surface area (Å²) >= 11 is 7.46. The van der Waals surface area contributed by atoms with Gasteiger partial charge >= 0.3 is 5.97 Å². The molecule has 1 fully saturated rings. The Morgan fingerprint density at radius 1 is 1.05 bits per heavy atom. The first kappa shape index (κ1) is 30.4. The van der Waals surface area contributed by atoms with E-state index in [2.05, 4.69) is 17.0 Å². The summed E-state index contributed by atoms with van der Waals surface area (Å²) in [6.07, 6.45) is 2.26.